The molecule has 21 heavy (non-hydrogen) atoms. The number of ether oxygens (including phenoxy) is 2. The Balaban J connectivity index is 2.18. The fourth-order valence-electron chi connectivity index (χ4n) is 3.32. The summed E-state index contributed by atoms with van der Waals surface area (Å²) in [6.07, 6.45) is 2.27. The van der Waals surface area contributed by atoms with Crippen LogP contribution in [0.3, 0.4) is 0 Å². The summed E-state index contributed by atoms with van der Waals surface area (Å²) in [6.45, 7) is 1.22. The van der Waals surface area contributed by atoms with Crippen LogP contribution in [0.15, 0.2) is 54.6 Å². The first-order valence-corrected chi connectivity index (χ1v) is 7.17. The van der Waals surface area contributed by atoms with Gasteiger partial charge in [-0.1, -0.05) is 54.6 Å². The number of benzene rings is 2. The summed E-state index contributed by atoms with van der Waals surface area (Å²) >= 11 is 0. The van der Waals surface area contributed by atoms with Crippen LogP contribution in [0.2, 0.25) is 0 Å². The van der Waals surface area contributed by atoms with Gasteiger partial charge in [0.25, 0.3) is 0 Å². The van der Waals surface area contributed by atoms with Gasteiger partial charge in [0.05, 0.1) is 18.6 Å². The first kappa shape index (κ1) is 14.1. The van der Waals surface area contributed by atoms with Crippen LogP contribution in [0.5, 0.6) is 0 Å². The van der Waals surface area contributed by atoms with E-state index in [9.17, 15) is 0 Å². The maximum absolute atomic E-state index is 5.57. The standard InChI is InChI=1S/C19H20O2/c1-20-13-19(14-21-2)17-11-7-6-10-16(17)12-18(19)15-8-4-3-5-9-15/h3-12H,13-14H2,1-2H3. The molecule has 2 nitrogen and oxygen atoms in total. The maximum Gasteiger partial charge on any atom is 0.0681 e. The fourth-order valence-corrected chi connectivity index (χ4v) is 3.32. The first-order valence-electron chi connectivity index (χ1n) is 7.17. The Labute approximate surface area is 126 Å². The van der Waals surface area contributed by atoms with Crippen LogP contribution in [0.25, 0.3) is 11.6 Å². The Morgan fingerprint density at radius 2 is 1.43 bits per heavy atom. The first-order chi connectivity index (χ1) is 10.3. The second-order valence-electron chi connectivity index (χ2n) is 5.46. The largest absolute Gasteiger partial charge is 0.383 e. The van der Waals surface area contributed by atoms with Crippen molar-refractivity contribution in [1.29, 1.82) is 0 Å². The van der Waals surface area contributed by atoms with Crippen molar-refractivity contribution in [3.05, 3.63) is 71.3 Å². The van der Waals surface area contributed by atoms with Crippen LogP contribution >= 0.6 is 0 Å². The third-order valence-corrected chi connectivity index (χ3v) is 4.16. The van der Waals surface area contributed by atoms with E-state index >= 15 is 0 Å². The van der Waals surface area contributed by atoms with E-state index in [-0.39, 0.29) is 5.41 Å². The molecule has 2 aromatic rings. The summed E-state index contributed by atoms with van der Waals surface area (Å²) in [6, 6.07) is 19.0. The predicted molar refractivity (Wildman–Crippen MR) is 86.2 cm³/mol. The SMILES string of the molecule is COCC1(COC)C(c2ccccc2)=Cc2ccccc21. The molecule has 0 bridgehead atoms. The smallest absolute Gasteiger partial charge is 0.0681 e. The summed E-state index contributed by atoms with van der Waals surface area (Å²) in [5.41, 5.74) is 4.80. The highest BCUT2D eigenvalue weighted by atomic mass is 16.5. The molecule has 0 saturated heterocycles. The molecular formula is C19H20O2. The molecule has 3 rings (SSSR count). The summed E-state index contributed by atoms with van der Waals surface area (Å²) in [7, 11) is 3.50. The van der Waals surface area contributed by atoms with Crippen LogP contribution in [0.4, 0.5) is 0 Å². The van der Waals surface area contributed by atoms with Gasteiger partial charge in [0, 0.05) is 14.2 Å². The summed E-state index contributed by atoms with van der Waals surface area (Å²) in [5.74, 6) is 0. The van der Waals surface area contributed by atoms with Gasteiger partial charge in [-0.05, 0) is 28.3 Å². The van der Waals surface area contributed by atoms with E-state index in [0.29, 0.717) is 13.2 Å². The number of fused-ring (bicyclic) bond motifs is 1. The number of hydrogen-bond acceptors (Lipinski definition) is 2. The minimum absolute atomic E-state index is 0.235. The second kappa shape index (κ2) is 5.84. The van der Waals surface area contributed by atoms with E-state index in [1.165, 1.54) is 22.3 Å². The molecule has 0 atom stereocenters. The monoisotopic (exact) mass is 280 g/mol. The van der Waals surface area contributed by atoms with Gasteiger partial charge in [0.15, 0.2) is 0 Å². The molecule has 0 radical (unpaired) electrons. The molecule has 0 aromatic heterocycles. The molecule has 0 saturated carbocycles. The summed E-state index contributed by atoms with van der Waals surface area (Å²) in [4.78, 5) is 0. The van der Waals surface area contributed by atoms with Crippen LogP contribution < -0.4 is 0 Å². The minimum atomic E-state index is -0.235. The van der Waals surface area contributed by atoms with E-state index in [4.69, 9.17) is 9.47 Å². The average molecular weight is 280 g/mol. The van der Waals surface area contributed by atoms with Gasteiger partial charge in [-0.15, -0.1) is 0 Å². The van der Waals surface area contributed by atoms with Gasteiger partial charge >= 0.3 is 0 Å². The summed E-state index contributed by atoms with van der Waals surface area (Å²) in [5, 5.41) is 0. The van der Waals surface area contributed by atoms with Crippen LogP contribution in [-0.2, 0) is 14.9 Å². The Morgan fingerprint density at radius 3 is 2.10 bits per heavy atom. The number of methoxy groups -OCH3 is 2. The van der Waals surface area contributed by atoms with E-state index in [1.54, 1.807) is 14.2 Å². The molecule has 0 unspecified atom stereocenters. The molecule has 0 heterocycles. The molecule has 0 aliphatic heterocycles. The van der Waals surface area contributed by atoms with Crippen molar-refractivity contribution in [2.45, 2.75) is 5.41 Å². The van der Waals surface area contributed by atoms with Gasteiger partial charge in [-0.25, -0.2) is 0 Å². The zero-order valence-electron chi connectivity index (χ0n) is 12.5. The lowest BCUT2D eigenvalue weighted by molar-refractivity contribution is 0.0889. The molecule has 0 spiro atoms. The Hall–Kier alpha value is -1.90. The van der Waals surface area contributed by atoms with E-state index in [2.05, 4.69) is 54.6 Å². The average Bonchev–Trinajstić information content (AvgIpc) is 2.84. The zero-order chi connectivity index (χ0) is 14.7. The molecule has 0 amide bonds. The Kier molecular flexibility index (Phi) is 3.91. The van der Waals surface area contributed by atoms with Gasteiger partial charge < -0.3 is 9.47 Å². The van der Waals surface area contributed by atoms with Gasteiger partial charge in [-0.2, -0.15) is 0 Å². The van der Waals surface area contributed by atoms with Crippen molar-refractivity contribution >= 4 is 11.6 Å². The zero-order valence-corrected chi connectivity index (χ0v) is 12.5. The highest BCUT2D eigenvalue weighted by molar-refractivity contribution is 5.94. The third kappa shape index (κ3) is 2.31. The van der Waals surface area contributed by atoms with Crippen molar-refractivity contribution in [2.75, 3.05) is 27.4 Å². The van der Waals surface area contributed by atoms with Gasteiger partial charge in [0.1, 0.15) is 0 Å². The molecule has 2 heteroatoms. The molecule has 1 aliphatic rings. The lowest BCUT2D eigenvalue weighted by Crippen LogP contribution is -2.36. The van der Waals surface area contributed by atoms with Gasteiger partial charge in [-0.3, -0.25) is 0 Å². The Bertz CT molecular complexity index is 638. The van der Waals surface area contributed by atoms with Crippen molar-refractivity contribution in [3.63, 3.8) is 0 Å². The maximum atomic E-state index is 5.57. The van der Waals surface area contributed by atoms with Crippen molar-refractivity contribution in [1.82, 2.24) is 0 Å². The second-order valence-corrected chi connectivity index (χ2v) is 5.46. The molecular weight excluding hydrogens is 260 g/mol. The van der Waals surface area contributed by atoms with Crippen molar-refractivity contribution in [3.8, 4) is 0 Å². The van der Waals surface area contributed by atoms with Gasteiger partial charge in [0.2, 0.25) is 0 Å². The lowest BCUT2D eigenvalue weighted by atomic mass is 9.76. The van der Waals surface area contributed by atoms with Crippen LogP contribution in [-0.4, -0.2) is 27.4 Å². The fraction of sp³-hybridized carbons (Fsp3) is 0.263. The van der Waals surface area contributed by atoms with Crippen LogP contribution in [0, 0.1) is 0 Å². The number of rotatable bonds is 5. The molecule has 1 aliphatic carbocycles. The highest BCUT2D eigenvalue weighted by Crippen LogP contribution is 2.47. The molecule has 108 valence electrons. The topological polar surface area (TPSA) is 18.5 Å². The summed E-state index contributed by atoms with van der Waals surface area (Å²) < 4.78 is 11.1. The van der Waals surface area contributed by atoms with E-state index < -0.39 is 0 Å². The van der Waals surface area contributed by atoms with Crippen LogP contribution in [0.1, 0.15) is 16.7 Å². The van der Waals surface area contributed by atoms with E-state index in [0.717, 1.165) is 0 Å². The van der Waals surface area contributed by atoms with E-state index in [1.807, 2.05) is 6.07 Å². The van der Waals surface area contributed by atoms with Crippen molar-refractivity contribution in [2.24, 2.45) is 0 Å². The number of hydrogen-bond donors (Lipinski definition) is 0. The highest BCUT2D eigenvalue weighted by Gasteiger charge is 2.42. The predicted octanol–water partition coefficient (Wildman–Crippen LogP) is 3.77. The molecule has 0 N–H and O–H groups in total. The molecule has 2 aromatic carbocycles. The molecule has 0 fully saturated rings. The minimum Gasteiger partial charge on any atom is -0.383 e. The quantitative estimate of drug-likeness (QED) is 0.830. The lowest BCUT2D eigenvalue weighted by Gasteiger charge is -2.33. The normalized spacial score (nSPS) is 15.6. The Morgan fingerprint density at radius 1 is 0.810 bits per heavy atom. The van der Waals surface area contributed by atoms with Crippen molar-refractivity contribution < 1.29 is 9.47 Å². The third-order valence-electron chi connectivity index (χ3n) is 4.16.